The van der Waals surface area contributed by atoms with Crippen molar-refractivity contribution in [3.8, 4) is 0 Å². The molecule has 5 nitrogen and oxygen atoms in total. The van der Waals surface area contributed by atoms with E-state index in [0.29, 0.717) is 13.0 Å². The van der Waals surface area contributed by atoms with Crippen molar-refractivity contribution in [2.24, 2.45) is 0 Å². The van der Waals surface area contributed by atoms with Crippen LogP contribution in [0.15, 0.2) is 30.3 Å². The molecule has 0 radical (unpaired) electrons. The smallest absolute Gasteiger partial charge is 0.320 e. The normalized spacial score (nSPS) is 19.6. The highest BCUT2D eigenvalue weighted by Crippen LogP contribution is 2.18. The molecule has 1 aliphatic heterocycles. The van der Waals surface area contributed by atoms with E-state index in [0.717, 1.165) is 18.5 Å². The number of likely N-dealkylation sites (N-methyl/N-ethyl adjacent to an activating group) is 1. The Morgan fingerprint density at radius 1 is 1.30 bits per heavy atom. The third-order valence-electron chi connectivity index (χ3n) is 3.75. The standard InChI is InChI=1S/C15H20N2O3/c1-16(12-7-3-2-4-8-12)14(18)11-17-10-6-5-9-13(17)15(19)20/h2-4,7-8,13H,5-6,9-11H2,1H3,(H,19,20). The fraction of sp³-hybridized carbons (Fsp3) is 0.467. The van der Waals surface area contributed by atoms with Crippen molar-refractivity contribution in [2.75, 3.05) is 25.0 Å². The van der Waals surface area contributed by atoms with Gasteiger partial charge in [-0.15, -0.1) is 0 Å². The number of piperidine rings is 1. The summed E-state index contributed by atoms with van der Waals surface area (Å²) in [5.41, 5.74) is 0.821. The Balaban J connectivity index is 2.01. The second-order valence-corrected chi connectivity index (χ2v) is 5.11. The molecule has 1 N–H and O–H groups in total. The molecule has 1 saturated heterocycles. The lowest BCUT2D eigenvalue weighted by Crippen LogP contribution is -2.49. The summed E-state index contributed by atoms with van der Waals surface area (Å²) >= 11 is 0. The summed E-state index contributed by atoms with van der Waals surface area (Å²) < 4.78 is 0. The molecule has 2 rings (SSSR count). The van der Waals surface area contributed by atoms with Gasteiger partial charge in [-0.2, -0.15) is 0 Å². The molecule has 1 atom stereocenters. The SMILES string of the molecule is CN(C(=O)CN1CCCCC1C(=O)O)c1ccccc1. The van der Waals surface area contributed by atoms with Crippen molar-refractivity contribution in [1.29, 1.82) is 0 Å². The summed E-state index contributed by atoms with van der Waals surface area (Å²) in [4.78, 5) is 26.8. The molecule has 1 unspecified atom stereocenters. The summed E-state index contributed by atoms with van der Waals surface area (Å²) in [6, 6.07) is 8.84. The highest BCUT2D eigenvalue weighted by Gasteiger charge is 2.30. The van der Waals surface area contributed by atoms with Crippen LogP contribution in [0.2, 0.25) is 0 Å². The van der Waals surface area contributed by atoms with Gasteiger partial charge in [-0.25, -0.2) is 0 Å². The maximum Gasteiger partial charge on any atom is 0.320 e. The minimum absolute atomic E-state index is 0.0793. The minimum atomic E-state index is -0.833. The summed E-state index contributed by atoms with van der Waals surface area (Å²) in [6.45, 7) is 0.827. The van der Waals surface area contributed by atoms with Crippen LogP contribution in [0.1, 0.15) is 19.3 Å². The highest BCUT2D eigenvalue weighted by atomic mass is 16.4. The van der Waals surface area contributed by atoms with Crippen LogP contribution in [0.3, 0.4) is 0 Å². The Morgan fingerprint density at radius 3 is 2.65 bits per heavy atom. The van der Waals surface area contributed by atoms with Gasteiger partial charge in [-0.05, 0) is 31.5 Å². The molecule has 0 saturated carbocycles. The fourth-order valence-electron chi connectivity index (χ4n) is 2.54. The number of nitrogens with zero attached hydrogens (tertiary/aromatic N) is 2. The summed E-state index contributed by atoms with van der Waals surface area (Å²) in [6.07, 6.45) is 2.49. The molecule has 1 heterocycles. The topological polar surface area (TPSA) is 60.9 Å². The van der Waals surface area contributed by atoms with Crippen molar-refractivity contribution in [3.63, 3.8) is 0 Å². The number of para-hydroxylation sites is 1. The van der Waals surface area contributed by atoms with Gasteiger partial charge >= 0.3 is 5.97 Å². The average molecular weight is 276 g/mol. The molecule has 1 aromatic carbocycles. The molecular weight excluding hydrogens is 256 g/mol. The van der Waals surface area contributed by atoms with Gasteiger partial charge in [-0.1, -0.05) is 24.6 Å². The van der Waals surface area contributed by atoms with Gasteiger partial charge in [0.2, 0.25) is 5.91 Å². The number of aliphatic carboxylic acids is 1. The Hall–Kier alpha value is -1.88. The van der Waals surface area contributed by atoms with Crippen LogP contribution >= 0.6 is 0 Å². The lowest BCUT2D eigenvalue weighted by Gasteiger charge is -2.33. The number of hydrogen-bond donors (Lipinski definition) is 1. The van der Waals surface area contributed by atoms with Crippen molar-refractivity contribution in [1.82, 2.24) is 4.90 Å². The summed E-state index contributed by atoms with van der Waals surface area (Å²) in [5.74, 6) is -0.913. The second-order valence-electron chi connectivity index (χ2n) is 5.11. The van der Waals surface area contributed by atoms with Crippen LogP contribution in [0.5, 0.6) is 0 Å². The summed E-state index contributed by atoms with van der Waals surface area (Å²) in [5, 5.41) is 9.21. The van der Waals surface area contributed by atoms with E-state index in [-0.39, 0.29) is 12.5 Å². The van der Waals surface area contributed by atoms with E-state index in [2.05, 4.69) is 0 Å². The molecule has 0 bridgehead atoms. The van der Waals surface area contributed by atoms with E-state index in [1.165, 1.54) is 0 Å². The maximum absolute atomic E-state index is 12.3. The van der Waals surface area contributed by atoms with Gasteiger partial charge in [0.15, 0.2) is 0 Å². The number of carboxylic acid groups (broad SMARTS) is 1. The number of carbonyl (C=O) groups excluding carboxylic acids is 1. The van der Waals surface area contributed by atoms with E-state index in [1.54, 1.807) is 16.8 Å². The highest BCUT2D eigenvalue weighted by molar-refractivity contribution is 5.94. The van der Waals surface area contributed by atoms with E-state index in [1.807, 2.05) is 30.3 Å². The number of likely N-dealkylation sites (tertiary alicyclic amines) is 1. The molecule has 5 heteroatoms. The zero-order chi connectivity index (χ0) is 14.5. The number of carbonyl (C=O) groups is 2. The first-order valence-electron chi connectivity index (χ1n) is 6.88. The largest absolute Gasteiger partial charge is 0.480 e. The molecule has 0 aromatic heterocycles. The zero-order valence-corrected chi connectivity index (χ0v) is 11.7. The van der Waals surface area contributed by atoms with Crippen molar-refractivity contribution in [2.45, 2.75) is 25.3 Å². The van der Waals surface area contributed by atoms with E-state index >= 15 is 0 Å². The molecule has 0 spiro atoms. The molecular formula is C15H20N2O3. The van der Waals surface area contributed by atoms with Crippen molar-refractivity contribution < 1.29 is 14.7 Å². The first-order chi connectivity index (χ1) is 9.59. The Labute approximate surface area is 118 Å². The number of amides is 1. The fourth-order valence-corrected chi connectivity index (χ4v) is 2.54. The molecule has 108 valence electrons. The van der Waals surface area contributed by atoms with Gasteiger partial charge in [0.05, 0.1) is 6.54 Å². The van der Waals surface area contributed by atoms with Gasteiger partial charge in [0, 0.05) is 12.7 Å². The second kappa shape index (κ2) is 6.52. The first kappa shape index (κ1) is 14.5. The number of anilines is 1. The third kappa shape index (κ3) is 3.36. The van der Waals surface area contributed by atoms with Crippen LogP contribution in [0.25, 0.3) is 0 Å². The molecule has 1 fully saturated rings. The Morgan fingerprint density at radius 2 is 2.00 bits per heavy atom. The quantitative estimate of drug-likeness (QED) is 0.907. The van der Waals surface area contributed by atoms with E-state index < -0.39 is 12.0 Å². The minimum Gasteiger partial charge on any atom is -0.480 e. The van der Waals surface area contributed by atoms with Crippen LogP contribution in [-0.4, -0.2) is 48.1 Å². The lowest BCUT2D eigenvalue weighted by molar-refractivity contribution is -0.145. The number of carboxylic acids is 1. The molecule has 1 aromatic rings. The molecule has 0 aliphatic carbocycles. The zero-order valence-electron chi connectivity index (χ0n) is 11.7. The predicted octanol–water partition coefficient (Wildman–Crippen LogP) is 1.59. The predicted molar refractivity (Wildman–Crippen MR) is 76.7 cm³/mol. The number of rotatable bonds is 4. The van der Waals surface area contributed by atoms with Crippen LogP contribution in [0, 0.1) is 0 Å². The van der Waals surface area contributed by atoms with Crippen molar-refractivity contribution >= 4 is 17.6 Å². The first-order valence-corrected chi connectivity index (χ1v) is 6.88. The van der Waals surface area contributed by atoms with Gasteiger partial charge in [-0.3, -0.25) is 14.5 Å². The number of hydrogen-bond acceptors (Lipinski definition) is 3. The number of benzene rings is 1. The summed E-state index contributed by atoms with van der Waals surface area (Å²) in [7, 11) is 1.72. The molecule has 20 heavy (non-hydrogen) atoms. The monoisotopic (exact) mass is 276 g/mol. The van der Waals surface area contributed by atoms with E-state index in [9.17, 15) is 14.7 Å². The van der Waals surface area contributed by atoms with Crippen LogP contribution < -0.4 is 4.90 Å². The van der Waals surface area contributed by atoms with Gasteiger partial charge < -0.3 is 10.0 Å². The van der Waals surface area contributed by atoms with Crippen LogP contribution in [-0.2, 0) is 9.59 Å². The third-order valence-corrected chi connectivity index (χ3v) is 3.75. The van der Waals surface area contributed by atoms with E-state index in [4.69, 9.17) is 0 Å². The maximum atomic E-state index is 12.3. The van der Waals surface area contributed by atoms with Gasteiger partial charge in [0.25, 0.3) is 0 Å². The molecule has 1 amide bonds. The van der Waals surface area contributed by atoms with Crippen molar-refractivity contribution in [3.05, 3.63) is 30.3 Å². The Kier molecular flexibility index (Phi) is 4.74. The lowest BCUT2D eigenvalue weighted by atomic mass is 10.0. The average Bonchev–Trinajstić information content (AvgIpc) is 2.47. The Bertz CT molecular complexity index is 475. The van der Waals surface area contributed by atoms with Gasteiger partial charge in [0.1, 0.15) is 6.04 Å². The van der Waals surface area contributed by atoms with Crippen LogP contribution in [0.4, 0.5) is 5.69 Å². The molecule has 1 aliphatic rings.